The quantitative estimate of drug-likeness (QED) is 0.449. The maximum Gasteiger partial charge on any atom is 0.0755 e. The molecule has 0 radical (unpaired) electrons. The van der Waals surface area contributed by atoms with E-state index in [1.54, 1.807) is 0 Å². The van der Waals surface area contributed by atoms with Crippen LogP contribution in [0.1, 0.15) is 51.9 Å². The topological polar surface area (TPSA) is 9.23 Å². The summed E-state index contributed by atoms with van der Waals surface area (Å²) in [6.07, 6.45) is 14.1. The van der Waals surface area contributed by atoms with Crippen molar-refractivity contribution in [3.8, 4) is 0 Å². The summed E-state index contributed by atoms with van der Waals surface area (Å²) in [6.45, 7) is 3.18. The van der Waals surface area contributed by atoms with Crippen LogP contribution in [0.25, 0.3) is 0 Å². The number of ether oxygens (including phenoxy) is 1. The normalized spacial score (nSPS) is 22.1. The maximum atomic E-state index is 5.60. The lowest BCUT2D eigenvalue weighted by atomic mass is 10.1. The predicted octanol–water partition coefficient (Wildman–Crippen LogP) is 3.69. The molecule has 0 saturated heterocycles. The monoisotopic (exact) mass is 182 g/mol. The van der Waals surface area contributed by atoms with E-state index in [-0.39, 0.29) is 0 Å². The first-order valence-corrected chi connectivity index (χ1v) is 5.71. The van der Waals surface area contributed by atoms with Crippen LogP contribution in [0, 0.1) is 0 Å². The molecule has 1 heteroatoms. The van der Waals surface area contributed by atoms with Gasteiger partial charge in [0.2, 0.25) is 0 Å². The second-order valence-corrected chi connectivity index (χ2v) is 3.83. The first kappa shape index (κ1) is 10.8. The van der Waals surface area contributed by atoms with Crippen molar-refractivity contribution < 1.29 is 4.74 Å². The van der Waals surface area contributed by atoms with E-state index in [2.05, 4.69) is 19.1 Å². The van der Waals surface area contributed by atoms with E-state index in [0.717, 1.165) is 13.0 Å². The fraction of sp³-hybridized carbons (Fsp3) is 0.833. The van der Waals surface area contributed by atoms with Crippen LogP contribution in [0.5, 0.6) is 0 Å². The molecule has 0 fully saturated rings. The second kappa shape index (κ2) is 7.14. The molecular weight excluding hydrogens is 160 g/mol. The summed E-state index contributed by atoms with van der Waals surface area (Å²) in [6, 6.07) is 0. The van der Waals surface area contributed by atoms with Gasteiger partial charge in [-0.25, -0.2) is 0 Å². The second-order valence-electron chi connectivity index (χ2n) is 3.83. The molecule has 0 saturated carbocycles. The fourth-order valence-electron chi connectivity index (χ4n) is 1.72. The van der Waals surface area contributed by atoms with E-state index < -0.39 is 0 Å². The Morgan fingerprint density at radius 3 is 2.77 bits per heavy atom. The van der Waals surface area contributed by atoms with E-state index >= 15 is 0 Å². The zero-order valence-electron chi connectivity index (χ0n) is 8.80. The highest BCUT2D eigenvalue weighted by molar-refractivity contribution is 4.92. The zero-order chi connectivity index (χ0) is 9.36. The van der Waals surface area contributed by atoms with Crippen LogP contribution in [-0.4, -0.2) is 12.7 Å². The molecule has 1 aliphatic heterocycles. The molecule has 0 aromatic heterocycles. The Morgan fingerprint density at radius 1 is 1.23 bits per heavy atom. The number of unbranched alkanes of at least 4 members (excludes halogenated alkanes) is 4. The summed E-state index contributed by atoms with van der Waals surface area (Å²) in [7, 11) is 0. The standard InChI is InChI=1S/C12H22O/c1-2-3-4-5-6-9-12-10-7-8-11-13-12/h7,10,12H,2-6,8-9,11H2,1H3. The molecule has 76 valence electrons. The number of hydrogen-bond acceptors (Lipinski definition) is 1. The Morgan fingerprint density at radius 2 is 2.08 bits per heavy atom. The molecule has 1 heterocycles. The van der Waals surface area contributed by atoms with Gasteiger partial charge in [0, 0.05) is 0 Å². The molecule has 0 aliphatic carbocycles. The van der Waals surface area contributed by atoms with E-state index in [0.29, 0.717) is 6.10 Å². The molecule has 13 heavy (non-hydrogen) atoms. The molecule has 1 unspecified atom stereocenters. The summed E-state index contributed by atoms with van der Waals surface area (Å²) < 4.78 is 5.60. The first-order chi connectivity index (χ1) is 6.43. The van der Waals surface area contributed by atoms with E-state index in [9.17, 15) is 0 Å². The van der Waals surface area contributed by atoms with Crippen molar-refractivity contribution >= 4 is 0 Å². The first-order valence-electron chi connectivity index (χ1n) is 5.71. The lowest BCUT2D eigenvalue weighted by Gasteiger charge is -2.17. The summed E-state index contributed by atoms with van der Waals surface area (Å²) >= 11 is 0. The molecule has 1 rings (SSSR count). The van der Waals surface area contributed by atoms with Crippen molar-refractivity contribution in [1.29, 1.82) is 0 Å². The molecule has 1 aliphatic rings. The highest BCUT2D eigenvalue weighted by Crippen LogP contribution is 2.13. The van der Waals surface area contributed by atoms with Crippen LogP contribution in [0.2, 0.25) is 0 Å². The van der Waals surface area contributed by atoms with Gasteiger partial charge in [-0.2, -0.15) is 0 Å². The molecule has 1 atom stereocenters. The largest absolute Gasteiger partial charge is 0.374 e. The van der Waals surface area contributed by atoms with Gasteiger partial charge in [0.05, 0.1) is 12.7 Å². The minimum atomic E-state index is 0.426. The van der Waals surface area contributed by atoms with Crippen molar-refractivity contribution in [2.45, 2.75) is 58.0 Å². The van der Waals surface area contributed by atoms with Crippen molar-refractivity contribution in [1.82, 2.24) is 0 Å². The van der Waals surface area contributed by atoms with Gasteiger partial charge in [0.1, 0.15) is 0 Å². The lowest BCUT2D eigenvalue weighted by molar-refractivity contribution is 0.0725. The van der Waals surface area contributed by atoms with Gasteiger partial charge in [-0.1, -0.05) is 51.2 Å². The van der Waals surface area contributed by atoms with Crippen molar-refractivity contribution in [3.63, 3.8) is 0 Å². The molecule has 0 N–H and O–H groups in total. The zero-order valence-corrected chi connectivity index (χ0v) is 8.80. The Labute approximate surface area is 82.2 Å². The summed E-state index contributed by atoms with van der Waals surface area (Å²) in [5.41, 5.74) is 0. The van der Waals surface area contributed by atoms with Gasteiger partial charge in [0.25, 0.3) is 0 Å². The number of hydrogen-bond donors (Lipinski definition) is 0. The van der Waals surface area contributed by atoms with Gasteiger partial charge in [-0.3, -0.25) is 0 Å². The van der Waals surface area contributed by atoms with Crippen molar-refractivity contribution in [2.75, 3.05) is 6.61 Å². The van der Waals surface area contributed by atoms with Crippen LogP contribution in [-0.2, 0) is 4.74 Å². The molecule has 0 bridgehead atoms. The van der Waals surface area contributed by atoms with E-state index in [4.69, 9.17) is 4.74 Å². The fourth-order valence-corrected chi connectivity index (χ4v) is 1.72. The van der Waals surface area contributed by atoms with Gasteiger partial charge >= 0.3 is 0 Å². The Hall–Kier alpha value is -0.300. The van der Waals surface area contributed by atoms with E-state index in [1.165, 1.54) is 38.5 Å². The number of rotatable bonds is 6. The van der Waals surface area contributed by atoms with Crippen molar-refractivity contribution in [3.05, 3.63) is 12.2 Å². The Kier molecular flexibility index (Phi) is 5.92. The van der Waals surface area contributed by atoms with Crippen LogP contribution >= 0.6 is 0 Å². The summed E-state index contributed by atoms with van der Waals surface area (Å²) in [5, 5.41) is 0. The van der Waals surface area contributed by atoms with Crippen molar-refractivity contribution in [2.24, 2.45) is 0 Å². The third-order valence-corrected chi connectivity index (χ3v) is 2.56. The van der Waals surface area contributed by atoms with Crippen LogP contribution in [0.15, 0.2) is 12.2 Å². The minimum Gasteiger partial charge on any atom is -0.374 e. The summed E-state index contributed by atoms with van der Waals surface area (Å²) in [4.78, 5) is 0. The molecule has 0 spiro atoms. The van der Waals surface area contributed by atoms with Crippen LogP contribution in [0.4, 0.5) is 0 Å². The van der Waals surface area contributed by atoms with Gasteiger partial charge in [-0.15, -0.1) is 0 Å². The minimum absolute atomic E-state index is 0.426. The van der Waals surface area contributed by atoms with Gasteiger partial charge in [0.15, 0.2) is 0 Å². The highest BCUT2D eigenvalue weighted by atomic mass is 16.5. The molecule has 0 aromatic carbocycles. The third-order valence-electron chi connectivity index (χ3n) is 2.56. The van der Waals surface area contributed by atoms with Gasteiger partial charge in [-0.05, 0) is 12.8 Å². The van der Waals surface area contributed by atoms with Gasteiger partial charge < -0.3 is 4.74 Å². The Bertz CT molecular complexity index is 140. The lowest BCUT2D eigenvalue weighted by Crippen LogP contribution is -2.13. The Balaban J connectivity index is 1.92. The average molecular weight is 182 g/mol. The highest BCUT2D eigenvalue weighted by Gasteiger charge is 2.06. The SMILES string of the molecule is CCCCCCCC1C=CCCO1. The molecule has 1 nitrogen and oxygen atoms in total. The van der Waals surface area contributed by atoms with Crippen LogP contribution in [0.3, 0.4) is 0 Å². The van der Waals surface area contributed by atoms with E-state index in [1.807, 2.05) is 0 Å². The third kappa shape index (κ3) is 5.09. The van der Waals surface area contributed by atoms with Crippen LogP contribution < -0.4 is 0 Å². The summed E-state index contributed by atoms with van der Waals surface area (Å²) in [5.74, 6) is 0. The smallest absolute Gasteiger partial charge is 0.0755 e. The molecule has 0 aromatic rings. The molecule has 0 amide bonds. The predicted molar refractivity (Wildman–Crippen MR) is 56.9 cm³/mol. The molecular formula is C12H22O. The maximum absolute atomic E-state index is 5.60. The average Bonchev–Trinajstić information content (AvgIpc) is 2.19.